The zero-order valence-electron chi connectivity index (χ0n) is 19.6. The lowest BCUT2D eigenvalue weighted by atomic mass is 9.80. The first-order valence-electron chi connectivity index (χ1n) is 12.7. The van der Waals surface area contributed by atoms with E-state index < -0.39 is 5.97 Å². The van der Waals surface area contributed by atoms with Gasteiger partial charge in [-0.3, -0.25) is 14.5 Å². The first-order valence-corrected chi connectivity index (χ1v) is 12.7. The molecule has 182 valence electrons. The van der Waals surface area contributed by atoms with Crippen molar-refractivity contribution in [3.05, 3.63) is 30.1 Å². The molecule has 2 saturated heterocycles. The van der Waals surface area contributed by atoms with Gasteiger partial charge in [0.15, 0.2) is 0 Å². The minimum absolute atomic E-state index is 0.151. The fraction of sp³-hybridized carbons (Fsp3) is 0.692. The van der Waals surface area contributed by atoms with E-state index in [0.717, 1.165) is 76.9 Å². The molecule has 1 N–H and O–H groups in total. The first kappa shape index (κ1) is 24.0. The Morgan fingerprint density at radius 2 is 1.61 bits per heavy atom. The van der Waals surface area contributed by atoms with Crippen molar-refractivity contribution in [2.75, 3.05) is 50.7 Å². The Morgan fingerprint density at radius 1 is 0.909 bits per heavy atom. The highest BCUT2D eigenvalue weighted by Crippen LogP contribution is 2.33. The van der Waals surface area contributed by atoms with Crippen molar-refractivity contribution in [3.63, 3.8) is 0 Å². The van der Waals surface area contributed by atoms with E-state index in [1.165, 1.54) is 18.6 Å². The number of anilines is 1. The standard InChI is InChI=1S/C26H38FN3O3/c27-23-6-8-24(9-7-23)29-16-14-28(15-17-29)12-10-22-19-30(13-11-21(22)18-25(31)32)26(33)20-4-2-1-3-5-20/h6-9,20-22H,1-5,10-19H2,(H,31,32). The number of likely N-dealkylation sites (tertiary alicyclic amines) is 1. The van der Waals surface area contributed by atoms with Gasteiger partial charge in [-0.05, 0) is 68.3 Å². The number of hydrogen-bond acceptors (Lipinski definition) is 4. The van der Waals surface area contributed by atoms with Crippen LogP contribution in [0.4, 0.5) is 10.1 Å². The maximum atomic E-state index is 13.2. The molecule has 1 aromatic carbocycles. The Balaban J connectivity index is 1.29. The summed E-state index contributed by atoms with van der Waals surface area (Å²) in [5.41, 5.74) is 1.06. The van der Waals surface area contributed by atoms with Crippen molar-refractivity contribution < 1.29 is 19.1 Å². The van der Waals surface area contributed by atoms with Crippen molar-refractivity contribution in [2.24, 2.45) is 17.8 Å². The highest BCUT2D eigenvalue weighted by atomic mass is 19.1. The molecule has 1 aromatic rings. The highest BCUT2D eigenvalue weighted by Gasteiger charge is 2.35. The van der Waals surface area contributed by atoms with Crippen LogP contribution in [0.1, 0.15) is 51.4 Å². The van der Waals surface area contributed by atoms with Gasteiger partial charge in [0.2, 0.25) is 5.91 Å². The molecule has 3 fully saturated rings. The summed E-state index contributed by atoms with van der Waals surface area (Å²) in [7, 11) is 0. The summed E-state index contributed by atoms with van der Waals surface area (Å²) in [6, 6.07) is 6.68. The number of carboxylic acids is 1. The van der Waals surface area contributed by atoms with E-state index >= 15 is 0 Å². The van der Waals surface area contributed by atoms with Crippen LogP contribution in [0.3, 0.4) is 0 Å². The van der Waals surface area contributed by atoms with E-state index in [4.69, 9.17) is 0 Å². The molecule has 0 aromatic heterocycles. The number of carboxylic acid groups (broad SMARTS) is 1. The summed E-state index contributed by atoms with van der Waals surface area (Å²) in [4.78, 5) is 31.3. The quantitative estimate of drug-likeness (QED) is 0.671. The number of aliphatic carboxylic acids is 1. The summed E-state index contributed by atoms with van der Waals surface area (Å²) >= 11 is 0. The minimum atomic E-state index is -0.732. The van der Waals surface area contributed by atoms with Gasteiger partial charge in [-0.25, -0.2) is 4.39 Å². The minimum Gasteiger partial charge on any atom is -0.481 e. The third-order valence-electron chi connectivity index (χ3n) is 7.97. The molecule has 1 amide bonds. The zero-order valence-corrected chi connectivity index (χ0v) is 19.6. The molecule has 2 unspecified atom stereocenters. The lowest BCUT2D eigenvalue weighted by Gasteiger charge is -2.41. The molecule has 1 aliphatic carbocycles. The number of carbonyl (C=O) groups excluding carboxylic acids is 1. The zero-order chi connectivity index (χ0) is 23.2. The Labute approximate surface area is 196 Å². The van der Waals surface area contributed by atoms with Gasteiger partial charge in [0.05, 0.1) is 0 Å². The molecule has 2 atom stereocenters. The molecule has 7 heteroatoms. The third kappa shape index (κ3) is 6.46. The van der Waals surface area contributed by atoms with Crippen molar-refractivity contribution in [3.8, 4) is 0 Å². The highest BCUT2D eigenvalue weighted by molar-refractivity contribution is 5.79. The molecule has 0 bridgehead atoms. The van der Waals surface area contributed by atoms with Gasteiger partial charge in [-0.15, -0.1) is 0 Å². The molecule has 2 heterocycles. The predicted octanol–water partition coefficient (Wildman–Crippen LogP) is 3.86. The maximum absolute atomic E-state index is 13.2. The molecule has 0 spiro atoms. The number of carbonyl (C=O) groups is 2. The van der Waals surface area contributed by atoms with E-state index in [1.807, 2.05) is 17.0 Å². The number of hydrogen-bond donors (Lipinski definition) is 1. The molecule has 4 rings (SSSR count). The maximum Gasteiger partial charge on any atom is 0.303 e. The van der Waals surface area contributed by atoms with Crippen LogP contribution in [-0.2, 0) is 9.59 Å². The van der Waals surface area contributed by atoms with Crippen LogP contribution >= 0.6 is 0 Å². The third-order valence-corrected chi connectivity index (χ3v) is 7.97. The fourth-order valence-electron chi connectivity index (χ4n) is 5.94. The molecule has 0 radical (unpaired) electrons. The van der Waals surface area contributed by atoms with Crippen LogP contribution in [0.15, 0.2) is 24.3 Å². The lowest BCUT2D eigenvalue weighted by Crippen LogP contribution is -2.49. The molecule has 1 saturated carbocycles. The molecule has 3 aliphatic rings. The first-order chi connectivity index (χ1) is 16.0. The van der Waals surface area contributed by atoms with Gasteiger partial charge in [0.25, 0.3) is 0 Å². The monoisotopic (exact) mass is 459 g/mol. The molecule has 2 aliphatic heterocycles. The fourth-order valence-corrected chi connectivity index (χ4v) is 5.94. The Bertz CT molecular complexity index is 788. The van der Waals surface area contributed by atoms with Gasteiger partial charge in [-0.1, -0.05) is 19.3 Å². The topological polar surface area (TPSA) is 64.1 Å². The largest absolute Gasteiger partial charge is 0.481 e. The molecular formula is C26H38FN3O3. The van der Waals surface area contributed by atoms with E-state index in [9.17, 15) is 19.1 Å². The normalized spacial score (nSPS) is 25.2. The number of rotatable bonds is 7. The molecular weight excluding hydrogens is 421 g/mol. The summed E-state index contributed by atoms with van der Waals surface area (Å²) in [6.45, 7) is 6.05. The number of piperidine rings is 1. The van der Waals surface area contributed by atoms with Crippen molar-refractivity contribution in [1.29, 1.82) is 0 Å². The van der Waals surface area contributed by atoms with Crippen LogP contribution in [0.2, 0.25) is 0 Å². The number of nitrogens with zero attached hydrogens (tertiary/aromatic N) is 3. The summed E-state index contributed by atoms with van der Waals surface area (Å²) in [5, 5.41) is 9.41. The van der Waals surface area contributed by atoms with E-state index in [0.29, 0.717) is 19.0 Å². The van der Waals surface area contributed by atoms with Crippen LogP contribution in [0, 0.1) is 23.6 Å². The SMILES string of the molecule is O=C(O)CC1CCN(C(=O)C2CCCCC2)CC1CCN1CCN(c2ccc(F)cc2)CC1. The van der Waals surface area contributed by atoms with E-state index in [-0.39, 0.29) is 30.0 Å². The van der Waals surface area contributed by atoms with Gasteiger partial charge >= 0.3 is 5.97 Å². The van der Waals surface area contributed by atoms with Gasteiger partial charge in [0.1, 0.15) is 5.82 Å². The number of benzene rings is 1. The smallest absolute Gasteiger partial charge is 0.303 e. The van der Waals surface area contributed by atoms with E-state index in [1.54, 1.807) is 0 Å². The Morgan fingerprint density at radius 3 is 2.27 bits per heavy atom. The van der Waals surface area contributed by atoms with Crippen LogP contribution < -0.4 is 4.90 Å². The predicted molar refractivity (Wildman–Crippen MR) is 127 cm³/mol. The van der Waals surface area contributed by atoms with Crippen LogP contribution in [0.25, 0.3) is 0 Å². The van der Waals surface area contributed by atoms with Crippen molar-refractivity contribution in [1.82, 2.24) is 9.80 Å². The second-order valence-corrected chi connectivity index (χ2v) is 10.1. The summed E-state index contributed by atoms with van der Waals surface area (Å²) in [5.74, 6) is -0.0611. The van der Waals surface area contributed by atoms with Gasteiger partial charge in [-0.2, -0.15) is 0 Å². The molecule has 33 heavy (non-hydrogen) atoms. The van der Waals surface area contributed by atoms with Gasteiger partial charge < -0.3 is 14.9 Å². The van der Waals surface area contributed by atoms with E-state index in [2.05, 4.69) is 9.80 Å². The second kappa shape index (κ2) is 11.3. The van der Waals surface area contributed by atoms with Crippen LogP contribution in [0.5, 0.6) is 0 Å². The summed E-state index contributed by atoms with van der Waals surface area (Å²) in [6.07, 6.45) is 7.50. The Kier molecular flexibility index (Phi) is 8.23. The number of amides is 1. The van der Waals surface area contributed by atoms with Crippen LogP contribution in [-0.4, -0.2) is 72.6 Å². The van der Waals surface area contributed by atoms with Gasteiger partial charge in [0, 0.05) is 57.3 Å². The number of halogens is 1. The van der Waals surface area contributed by atoms with Crippen molar-refractivity contribution >= 4 is 17.6 Å². The molecule has 6 nitrogen and oxygen atoms in total. The average Bonchev–Trinajstić information content (AvgIpc) is 2.84. The summed E-state index contributed by atoms with van der Waals surface area (Å²) < 4.78 is 13.2. The second-order valence-electron chi connectivity index (χ2n) is 10.1. The lowest BCUT2D eigenvalue weighted by molar-refractivity contribution is -0.141. The Hall–Kier alpha value is -2.15. The average molecular weight is 460 g/mol. The number of piperazine rings is 1. The van der Waals surface area contributed by atoms with Crippen molar-refractivity contribution in [2.45, 2.75) is 51.4 Å².